The number of anilines is 1. The van der Waals surface area contributed by atoms with Crippen molar-refractivity contribution in [3.05, 3.63) is 42.1 Å². The van der Waals surface area contributed by atoms with E-state index in [2.05, 4.69) is 20.7 Å². The molecule has 2 N–H and O–H groups in total. The number of methoxy groups -OCH3 is 1. The number of halogens is 1. The van der Waals surface area contributed by atoms with E-state index in [0.717, 1.165) is 18.4 Å². The molecule has 33 heavy (non-hydrogen) atoms. The minimum absolute atomic E-state index is 0.0248. The fourth-order valence-electron chi connectivity index (χ4n) is 4.31. The number of nitrogens with one attached hydrogen (secondary N) is 2. The number of aromatic nitrogens is 5. The SMILES string of the molecule is CNc1cc(-c2cn(C(C)C)c3ncc(F)cc23)nc2c(C(=O)NC3CC[C@@H]3OC)cnn12. The third-order valence-electron chi connectivity index (χ3n) is 6.27. The van der Waals surface area contributed by atoms with Gasteiger partial charge in [-0.3, -0.25) is 4.79 Å². The van der Waals surface area contributed by atoms with E-state index in [1.807, 2.05) is 30.7 Å². The Kier molecular flexibility index (Phi) is 5.24. The Morgan fingerprint density at radius 3 is 2.73 bits per heavy atom. The molecule has 0 spiro atoms. The Morgan fingerprint density at radius 2 is 2.06 bits per heavy atom. The zero-order valence-electron chi connectivity index (χ0n) is 19.0. The summed E-state index contributed by atoms with van der Waals surface area (Å²) in [5.74, 6) is -0.0131. The third kappa shape index (κ3) is 3.50. The van der Waals surface area contributed by atoms with Crippen LogP contribution in [0.25, 0.3) is 27.9 Å². The van der Waals surface area contributed by atoms with Crippen LogP contribution < -0.4 is 10.6 Å². The lowest BCUT2D eigenvalue weighted by atomic mass is 9.89. The highest BCUT2D eigenvalue weighted by molar-refractivity contribution is 6.01. The maximum Gasteiger partial charge on any atom is 0.257 e. The summed E-state index contributed by atoms with van der Waals surface area (Å²) >= 11 is 0. The van der Waals surface area contributed by atoms with Gasteiger partial charge in [-0.05, 0) is 32.8 Å². The number of fused-ring (bicyclic) bond motifs is 2. The molecule has 0 radical (unpaired) electrons. The van der Waals surface area contributed by atoms with E-state index in [4.69, 9.17) is 9.72 Å². The van der Waals surface area contributed by atoms with Crippen LogP contribution in [-0.4, -0.2) is 56.4 Å². The number of hydrogen-bond donors (Lipinski definition) is 2. The quantitative estimate of drug-likeness (QED) is 0.466. The maximum absolute atomic E-state index is 14.1. The molecule has 0 bridgehead atoms. The first-order chi connectivity index (χ1) is 15.9. The van der Waals surface area contributed by atoms with Crippen LogP contribution in [-0.2, 0) is 4.74 Å². The van der Waals surface area contributed by atoms with Gasteiger partial charge in [0.25, 0.3) is 5.91 Å². The predicted octanol–water partition coefficient (Wildman–Crippen LogP) is 3.41. The van der Waals surface area contributed by atoms with Gasteiger partial charge in [0.2, 0.25) is 0 Å². The molecule has 0 saturated heterocycles. The average molecular weight is 452 g/mol. The second kappa shape index (κ2) is 8.11. The number of carbonyl (C=O) groups excluding carboxylic acids is 1. The Morgan fingerprint density at radius 1 is 1.24 bits per heavy atom. The van der Waals surface area contributed by atoms with E-state index < -0.39 is 5.82 Å². The van der Waals surface area contributed by atoms with Crippen LogP contribution in [0.3, 0.4) is 0 Å². The molecule has 2 atom stereocenters. The number of rotatable bonds is 6. The molecule has 0 aromatic carbocycles. The van der Waals surface area contributed by atoms with Crippen molar-refractivity contribution in [3.63, 3.8) is 0 Å². The standard InChI is InChI=1S/C23H26FN7O2/c1-12(2)30-11-16(14-7-13(24)9-26-21(14)30)18-8-20(25-3)31-22(28-18)15(10-27-31)23(32)29-17-5-6-19(17)33-4/h7-12,17,19,25H,5-6H2,1-4H3,(H,29,32)/t17?,19-/m0/s1. The molecule has 4 aromatic heterocycles. The lowest BCUT2D eigenvalue weighted by molar-refractivity contribution is 0.00732. The van der Waals surface area contributed by atoms with Crippen molar-refractivity contribution in [1.82, 2.24) is 29.5 Å². The smallest absolute Gasteiger partial charge is 0.257 e. The zero-order valence-corrected chi connectivity index (χ0v) is 19.0. The van der Waals surface area contributed by atoms with Gasteiger partial charge >= 0.3 is 0 Å². The fourth-order valence-corrected chi connectivity index (χ4v) is 4.31. The Hall–Kier alpha value is -3.53. The summed E-state index contributed by atoms with van der Waals surface area (Å²) in [5.41, 5.74) is 2.79. The number of nitrogens with zero attached hydrogens (tertiary/aromatic N) is 5. The molecule has 9 nitrogen and oxygen atoms in total. The van der Waals surface area contributed by atoms with Gasteiger partial charge in [0.05, 0.1) is 30.2 Å². The topological polar surface area (TPSA) is 98.4 Å². The molecule has 1 fully saturated rings. The molecular formula is C23H26FN7O2. The van der Waals surface area contributed by atoms with Crippen molar-refractivity contribution in [2.24, 2.45) is 0 Å². The van der Waals surface area contributed by atoms with Gasteiger partial charge in [-0.1, -0.05) is 0 Å². The first-order valence-corrected chi connectivity index (χ1v) is 11.0. The van der Waals surface area contributed by atoms with Gasteiger partial charge in [-0.2, -0.15) is 9.61 Å². The largest absolute Gasteiger partial charge is 0.379 e. The number of pyridine rings is 1. The van der Waals surface area contributed by atoms with Gasteiger partial charge in [-0.15, -0.1) is 0 Å². The minimum atomic E-state index is -0.419. The highest BCUT2D eigenvalue weighted by atomic mass is 19.1. The van der Waals surface area contributed by atoms with E-state index in [1.54, 1.807) is 18.7 Å². The second-order valence-electron chi connectivity index (χ2n) is 8.57. The molecule has 1 aliphatic carbocycles. The molecule has 10 heteroatoms. The van der Waals surface area contributed by atoms with Crippen LogP contribution >= 0.6 is 0 Å². The van der Waals surface area contributed by atoms with E-state index in [0.29, 0.717) is 33.8 Å². The van der Waals surface area contributed by atoms with E-state index in [9.17, 15) is 9.18 Å². The van der Waals surface area contributed by atoms with Crippen LogP contribution in [0.4, 0.5) is 10.2 Å². The van der Waals surface area contributed by atoms with Crippen molar-refractivity contribution < 1.29 is 13.9 Å². The van der Waals surface area contributed by atoms with Crippen molar-refractivity contribution in [3.8, 4) is 11.3 Å². The van der Waals surface area contributed by atoms with Gasteiger partial charge in [-0.25, -0.2) is 14.4 Å². The molecule has 1 aliphatic rings. The molecule has 4 heterocycles. The molecule has 5 rings (SSSR count). The van der Waals surface area contributed by atoms with Gasteiger partial charge < -0.3 is 19.9 Å². The third-order valence-corrected chi connectivity index (χ3v) is 6.27. The minimum Gasteiger partial charge on any atom is -0.379 e. The summed E-state index contributed by atoms with van der Waals surface area (Å²) in [4.78, 5) is 22.1. The number of carbonyl (C=O) groups is 1. The molecule has 1 amide bonds. The highest BCUT2D eigenvalue weighted by Crippen LogP contribution is 2.33. The molecule has 1 unspecified atom stereocenters. The van der Waals surface area contributed by atoms with Crippen LogP contribution in [0.2, 0.25) is 0 Å². The molecule has 0 aliphatic heterocycles. The summed E-state index contributed by atoms with van der Waals surface area (Å²) in [6, 6.07) is 3.40. The summed E-state index contributed by atoms with van der Waals surface area (Å²) in [6.45, 7) is 4.08. The normalized spacial score (nSPS) is 18.1. The molecular weight excluding hydrogens is 425 g/mol. The number of hydrogen-bond acceptors (Lipinski definition) is 6. The van der Waals surface area contributed by atoms with Crippen LogP contribution in [0.5, 0.6) is 0 Å². The van der Waals surface area contributed by atoms with Crippen LogP contribution in [0.1, 0.15) is 43.1 Å². The lowest BCUT2D eigenvalue weighted by Gasteiger charge is -2.35. The van der Waals surface area contributed by atoms with Gasteiger partial charge in [0, 0.05) is 43.4 Å². The average Bonchev–Trinajstić information content (AvgIpc) is 3.37. The summed E-state index contributed by atoms with van der Waals surface area (Å²) in [5, 5.41) is 11.2. The van der Waals surface area contributed by atoms with E-state index in [1.165, 1.54) is 18.5 Å². The highest BCUT2D eigenvalue weighted by Gasteiger charge is 2.33. The lowest BCUT2D eigenvalue weighted by Crippen LogP contribution is -2.51. The van der Waals surface area contributed by atoms with Crippen molar-refractivity contribution in [1.29, 1.82) is 0 Å². The second-order valence-corrected chi connectivity index (χ2v) is 8.57. The summed E-state index contributed by atoms with van der Waals surface area (Å²) < 4.78 is 23.1. The van der Waals surface area contributed by atoms with E-state index in [-0.39, 0.29) is 24.1 Å². The van der Waals surface area contributed by atoms with Gasteiger partial charge in [0.1, 0.15) is 22.8 Å². The Labute approximate surface area is 190 Å². The molecule has 172 valence electrons. The monoisotopic (exact) mass is 451 g/mol. The number of ether oxygens (including phenoxy) is 1. The van der Waals surface area contributed by atoms with Crippen LogP contribution in [0, 0.1) is 5.82 Å². The Balaban J connectivity index is 1.64. The number of amides is 1. The zero-order chi connectivity index (χ0) is 23.3. The van der Waals surface area contributed by atoms with Crippen molar-refractivity contribution in [2.75, 3.05) is 19.5 Å². The maximum atomic E-state index is 14.1. The molecule has 1 saturated carbocycles. The van der Waals surface area contributed by atoms with Gasteiger partial charge in [0.15, 0.2) is 5.65 Å². The van der Waals surface area contributed by atoms with Crippen LogP contribution in [0.15, 0.2) is 30.7 Å². The van der Waals surface area contributed by atoms with E-state index >= 15 is 0 Å². The predicted molar refractivity (Wildman–Crippen MR) is 123 cm³/mol. The van der Waals surface area contributed by atoms with Crippen molar-refractivity contribution >= 4 is 28.4 Å². The summed E-state index contributed by atoms with van der Waals surface area (Å²) in [6.07, 6.45) is 6.48. The first-order valence-electron chi connectivity index (χ1n) is 11.0. The first kappa shape index (κ1) is 21.3. The Bertz CT molecular complexity index is 1360. The fraction of sp³-hybridized carbons (Fsp3) is 0.391. The van der Waals surface area contributed by atoms with Crippen molar-refractivity contribution in [2.45, 2.75) is 44.9 Å². The summed E-state index contributed by atoms with van der Waals surface area (Å²) in [7, 11) is 3.42. The molecule has 4 aromatic rings.